The average Bonchev–Trinajstić information content (AvgIpc) is 3.15. The summed E-state index contributed by atoms with van der Waals surface area (Å²) in [6.07, 6.45) is 0. The van der Waals surface area contributed by atoms with Gasteiger partial charge < -0.3 is 14.2 Å². The van der Waals surface area contributed by atoms with Gasteiger partial charge >= 0.3 is 0 Å². The third-order valence-electron chi connectivity index (χ3n) is 3.79. The minimum Gasteiger partial charge on any atom is -0.497 e. The lowest BCUT2D eigenvalue weighted by Gasteiger charge is -2.07. The minimum absolute atomic E-state index is 0.0455. The van der Waals surface area contributed by atoms with Crippen molar-refractivity contribution in [3.63, 3.8) is 0 Å². The number of methoxy groups -OCH3 is 3. The molecule has 3 rings (SSSR count). The molecule has 1 amide bonds. The second-order valence-electron chi connectivity index (χ2n) is 5.38. The van der Waals surface area contributed by atoms with Crippen LogP contribution in [0.3, 0.4) is 0 Å². The molecule has 1 heterocycles. The number of H-pyrrole nitrogens is 1. The van der Waals surface area contributed by atoms with Crippen LogP contribution in [0.4, 0.5) is 10.3 Å². The molecule has 0 aliphatic rings. The Morgan fingerprint density at radius 2 is 1.81 bits per heavy atom. The molecular formula is C18H17FN4O4. The monoisotopic (exact) mass is 372 g/mol. The molecule has 0 atom stereocenters. The summed E-state index contributed by atoms with van der Waals surface area (Å²) in [4.78, 5) is 16.5. The van der Waals surface area contributed by atoms with Gasteiger partial charge in [-0.15, -0.1) is 5.10 Å². The fraction of sp³-hybridized carbons (Fsp3) is 0.167. The van der Waals surface area contributed by atoms with Crippen molar-refractivity contribution >= 4 is 11.9 Å². The molecule has 0 saturated heterocycles. The number of hydrogen-bond donors (Lipinski definition) is 2. The van der Waals surface area contributed by atoms with Crippen LogP contribution in [-0.4, -0.2) is 42.4 Å². The number of nitrogens with zero attached hydrogens (tertiary/aromatic N) is 2. The number of amides is 1. The number of ether oxygens (including phenoxy) is 3. The van der Waals surface area contributed by atoms with Crippen LogP contribution in [0.1, 0.15) is 10.4 Å². The summed E-state index contributed by atoms with van der Waals surface area (Å²) in [5.74, 6) is 0.464. The van der Waals surface area contributed by atoms with Crippen molar-refractivity contribution in [3.8, 4) is 28.6 Å². The van der Waals surface area contributed by atoms with Gasteiger partial charge in [-0.1, -0.05) is 0 Å². The highest BCUT2D eigenvalue weighted by Crippen LogP contribution is 2.31. The molecule has 27 heavy (non-hydrogen) atoms. The molecule has 1 aromatic heterocycles. The highest BCUT2D eigenvalue weighted by Gasteiger charge is 2.15. The van der Waals surface area contributed by atoms with Crippen molar-refractivity contribution in [3.05, 3.63) is 47.8 Å². The number of carbonyl (C=O) groups excluding carboxylic acids is 1. The average molecular weight is 372 g/mol. The maximum atomic E-state index is 13.8. The number of benzene rings is 2. The van der Waals surface area contributed by atoms with Gasteiger partial charge in [0.25, 0.3) is 5.91 Å². The van der Waals surface area contributed by atoms with Crippen LogP contribution < -0.4 is 19.5 Å². The molecule has 0 saturated carbocycles. The zero-order valence-corrected chi connectivity index (χ0v) is 14.9. The molecular weight excluding hydrogens is 355 g/mol. The lowest BCUT2D eigenvalue weighted by molar-refractivity contribution is 0.102. The smallest absolute Gasteiger partial charge is 0.258 e. The zero-order chi connectivity index (χ0) is 19.4. The fourth-order valence-corrected chi connectivity index (χ4v) is 2.41. The topological polar surface area (TPSA) is 98.4 Å². The molecule has 0 bridgehead atoms. The second kappa shape index (κ2) is 7.73. The zero-order valence-electron chi connectivity index (χ0n) is 14.9. The third kappa shape index (κ3) is 3.81. The molecule has 0 aliphatic carbocycles. The van der Waals surface area contributed by atoms with E-state index in [-0.39, 0.29) is 17.3 Å². The first-order chi connectivity index (χ1) is 13.0. The normalized spacial score (nSPS) is 10.4. The van der Waals surface area contributed by atoms with Gasteiger partial charge in [0.05, 0.1) is 26.9 Å². The van der Waals surface area contributed by atoms with Crippen LogP contribution in [0.2, 0.25) is 0 Å². The Bertz CT molecular complexity index is 974. The van der Waals surface area contributed by atoms with Gasteiger partial charge in [-0.2, -0.15) is 4.98 Å². The predicted molar refractivity (Wildman–Crippen MR) is 95.8 cm³/mol. The predicted octanol–water partition coefficient (Wildman–Crippen LogP) is 2.89. The van der Waals surface area contributed by atoms with E-state index in [1.54, 1.807) is 25.3 Å². The fourth-order valence-electron chi connectivity index (χ4n) is 2.41. The van der Waals surface area contributed by atoms with E-state index in [0.29, 0.717) is 22.9 Å². The maximum Gasteiger partial charge on any atom is 0.258 e. The first-order valence-electron chi connectivity index (χ1n) is 7.85. The second-order valence-corrected chi connectivity index (χ2v) is 5.38. The van der Waals surface area contributed by atoms with Gasteiger partial charge in [-0.05, 0) is 30.3 Å². The quantitative estimate of drug-likeness (QED) is 0.690. The van der Waals surface area contributed by atoms with Gasteiger partial charge in [-0.3, -0.25) is 15.2 Å². The largest absolute Gasteiger partial charge is 0.497 e. The van der Waals surface area contributed by atoms with E-state index in [1.807, 2.05) is 0 Å². The number of anilines is 1. The standard InChI is InChI=1S/C18H17FN4O4/c1-25-11-5-6-12(15(9-11)27-3)16-20-18(23-22-16)21-17(24)10-4-7-14(26-2)13(19)8-10/h4-9H,1-3H3,(H2,20,21,22,23,24). The van der Waals surface area contributed by atoms with Gasteiger partial charge in [0.1, 0.15) is 11.5 Å². The number of halogens is 1. The van der Waals surface area contributed by atoms with E-state index in [2.05, 4.69) is 20.5 Å². The van der Waals surface area contributed by atoms with Gasteiger partial charge in [-0.25, -0.2) is 4.39 Å². The summed E-state index contributed by atoms with van der Waals surface area (Å²) < 4.78 is 29.1. The molecule has 3 aromatic rings. The SMILES string of the molecule is COc1ccc(-c2nc(NC(=O)c3ccc(OC)c(F)c3)n[nH]2)c(OC)c1. The van der Waals surface area contributed by atoms with Crippen LogP contribution in [0.25, 0.3) is 11.4 Å². The Balaban J connectivity index is 1.80. The lowest BCUT2D eigenvalue weighted by atomic mass is 10.2. The van der Waals surface area contributed by atoms with Crippen molar-refractivity contribution < 1.29 is 23.4 Å². The molecule has 140 valence electrons. The number of rotatable bonds is 6. The first kappa shape index (κ1) is 18.2. The van der Waals surface area contributed by atoms with Crippen LogP contribution in [0.5, 0.6) is 17.2 Å². The van der Waals surface area contributed by atoms with E-state index in [1.165, 1.54) is 26.4 Å². The Morgan fingerprint density at radius 3 is 2.48 bits per heavy atom. The Kier molecular flexibility index (Phi) is 5.20. The summed E-state index contributed by atoms with van der Waals surface area (Å²) in [5.41, 5.74) is 0.753. The van der Waals surface area contributed by atoms with Crippen molar-refractivity contribution in [2.24, 2.45) is 0 Å². The summed E-state index contributed by atoms with van der Waals surface area (Å²) in [7, 11) is 4.43. The number of aromatic amines is 1. The molecule has 0 spiro atoms. The molecule has 2 N–H and O–H groups in total. The van der Waals surface area contributed by atoms with E-state index < -0.39 is 11.7 Å². The number of carbonyl (C=O) groups is 1. The summed E-state index contributed by atoms with van der Waals surface area (Å²) in [5, 5.41) is 9.20. The molecule has 0 fully saturated rings. The number of nitrogens with one attached hydrogen (secondary N) is 2. The highest BCUT2D eigenvalue weighted by molar-refractivity contribution is 6.03. The third-order valence-corrected chi connectivity index (χ3v) is 3.79. The molecule has 0 aliphatic heterocycles. The van der Waals surface area contributed by atoms with Crippen LogP contribution >= 0.6 is 0 Å². The highest BCUT2D eigenvalue weighted by atomic mass is 19.1. The van der Waals surface area contributed by atoms with Gasteiger partial charge in [0.2, 0.25) is 5.95 Å². The van der Waals surface area contributed by atoms with E-state index in [0.717, 1.165) is 6.07 Å². The Labute approximate surface area is 154 Å². The van der Waals surface area contributed by atoms with Gasteiger partial charge in [0, 0.05) is 11.6 Å². The number of aromatic nitrogens is 3. The van der Waals surface area contributed by atoms with E-state index in [4.69, 9.17) is 14.2 Å². The molecule has 2 aromatic carbocycles. The van der Waals surface area contributed by atoms with Crippen LogP contribution in [0, 0.1) is 5.82 Å². The Morgan fingerprint density at radius 1 is 1.04 bits per heavy atom. The molecule has 8 nitrogen and oxygen atoms in total. The molecule has 0 unspecified atom stereocenters. The lowest BCUT2D eigenvalue weighted by Crippen LogP contribution is -2.13. The van der Waals surface area contributed by atoms with Crippen molar-refractivity contribution in [2.75, 3.05) is 26.6 Å². The maximum absolute atomic E-state index is 13.8. The van der Waals surface area contributed by atoms with Crippen LogP contribution in [0.15, 0.2) is 36.4 Å². The summed E-state index contributed by atoms with van der Waals surface area (Å²) in [6.45, 7) is 0. The summed E-state index contributed by atoms with van der Waals surface area (Å²) in [6, 6.07) is 9.10. The van der Waals surface area contributed by atoms with E-state index >= 15 is 0 Å². The number of hydrogen-bond acceptors (Lipinski definition) is 6. The molecule has 0 radical (unpaired) electrons. The molecule has 9 heteroatoms. The van der Waals surface area contributed by atoms with Crippen molar-refractivity contribution in [1.82, 2.24) is 15.2 Å². The van der Waals surface area contributed by atoms with Crippen LogP contribution in [-0.2, 0) is 0 Å². The van der Waals surface area contributed by atoms with Crippen molar-refractivity contribution in [2.45, 2.75) is 0 Å². The Hall–Kier alpha value is -3.62. The van der Waals surface area contributed by atoms with E-state index in [9.17, 15) is 9.18 Å². The van der Waals surface area contributed by atoms with Crippen molar-refractivity contribution in [1.29, 1.82) is 0 Å². The first-order valence-corrected chi connectivity index (χ1v) is 7.85. The van der Waals surface area contributed by atoms with Gasteiger partial charge in [0.15, 0.2) is 17.4 Å². The minimum atomic E-state index is -0.635. The summed E-state index contributed by atoms with van der Waals surface area (Å²) >= 11 is 0.